The van der Waals surface area contributed by atoms with E-state index in [1.165, 1.54) is 0 Å². The first-order valence-electron chi connectivity index (χ1n) is 4.77. The summed E-state index contributed by atoms with van der Waals surface area (Å²) < 4.78 is 30.6. The maximum Gasteiger partial charge on any atom is 0.239 e. The lowest BCUT2D eigenvalue weighted by atomic mass is 10.2. The molecule has 0 amide bonds. The van der Waals surface area contributed by atoms with Gasteiger partial charge in [0.2, 0.25) is 10.0 Å². The number of anilines is 1. The molecule has 7 heteroatoms. The van der Waals surface area contributed by atoms with Crippen LogP contribution in [0.3, 0.4) is 0 Å². The van der Waals surface area contributed by atoms with E-state index in [2.05, 4.69) is 16.9 Å². The number of ether oxygens (including phenoxy) is 1. The third-order valence-electron chi connectivity index (χ3n) is 2.00. The highest BCUT2D eigenvalue weighted by Crippen LogP contribution is 2.21. The van der Waals surface area contributed by atoms with Crippen molar-refractivity contribution in [2.45, 2.75) is 6.92 Å². The van der Waals surface area contributed by atoms with Gasteiger partial charge in [-0.2, -0.15) is 0 Å². The highest BCUT2D eigenvalue weighted by Gasteiger charge is 2.12. The minimum absolute atomic E-state index is 0.0669. The quantitative estimate of drug-likeness (QED) is 0.784. The number of rotatable bonds is 5. The number of sulfonamides is 1. The standard InChI is InChI=1S/C10H14N2O3S2/c1-7-5-8(3-4-9(7)15-2)12-17(13,14)6-10(11)16/h3-5,12H,6H2,1-2H3,(H2,11,16). The normalized spacial score (nSPS) is 10.9. The topological polar surface area (TPSA) is 81.4 Å². The summed E-state index contributed by atoms with van der Waals surface area (Å²) in [5.41, 5.74) is 6.49. The summed E-state index contributed by atoms with van der Waals surface area (Å²) in [6, 6.07) is 4.98. The Bertz CT molecular complexity index is 526. The molecule has 5 nitrogen and oxygen atoms in total. The van der Waals surface area contributed by atoms with Crippen molar-refractivity contribution >= 4 is 32.9 Å². The molecule has 94 valence electrons. The molecule has 0 unspecified atom stereocenters. The number of aryl methyl sites for hydroxylation is 1. The minimum Gasteiger partial charge on any atom is -0.496 e. The number of benzene rings is 1. The number of hydrogen-bond acceptors (Lipinski definition) is 4. The average molecular weight is 274 g/mol. The maximum atomic E-state index is 11.6. The summed E-state index contributed by atoms with van der Waals surface area (Å²) in [4.78, 5) is -0.0669. The first kappa shape index (κ1) is 13.7. The average Bonchev–Trinajstić information content (AvgIpc) is 2.14. The molecule has 0 aliphatic carbocycles. The van der Waals surface area contributed by atoms with E-state index in [0.717, 1.165) is 5.56 Å². The van der Waals surface area contributed by atoms with Crippen LogP contribution >= 0.6 is 12.2 Å². The van der Waals surface area contributed by atoms with Crippen molar-refractivity contribution in [3.05, 3.63) is 23.8 Å². The molecule has 0 fully saturated rings. The molecule has 0 saturated carbocycles. The second kappa shape index (κ2) is 5.33. The number of hydrogen-bond donors (Lipinski definition) is 2. The Hall–Kier alpha value is -1.34. The Morgan fingerprint density at radius 1 is 1.53 bits per heavy atom. The Morgan fingerprint density at radius 3 is 2.65 bits per heavy atom. The van der Waals surface area contributed by atoms with E-state index in [1.54, 1.807) is 25.3 Å². The molecule has 0 atom stereocenters. The van der Waals surface area contributed by atoms with Crippen LogP contribution in [0, 0.1) is 6.92 Å². The van der Waals surface area contributed by atoms with Crippen LogP contribution in [-0.4, -0.2) is 26.3 Å². The molecule has 0 saturated heterocycles. The second-order valence-electron chi connectivity index (χ2n) is 3.51. The summed E-state index contributed by atoms with van der Waals surface area (Å²) >= 11 is 4.56. The van der Waals surface area contributed by atoms with Crippen LogP contribution in [0.1, 0.15) is 5.56 Å². The van der Waals surface area contributed by atoms with Crippen LogP contribution in [0.25, 0.3) is 0 Å². The minimum atomic E-state index is -3.53. The zero-order valence-corrected chi connectivity index (χ0v) is 11.2. The van der Waals surface area contributed by atoms with Gasteiger partial charge in [0.05, 0.1) is 12.1 Å². The number of methoxy groups -OCH3 is 1. The van der Waals surface area contributed by atoms with Gasteiger partial charge in [0, 0.05) is 5.69 Å². The molecule has 1 aromatic rings. The molecular formula is C10H14N2O3S2. The zero-order chi connectivity index (χ0) is 13.1. The lowest BCUT2D eigenvalue weighted by Gasteiger charge is -2.10. The third-order valence-corrected chi connectivity index (χ3v) is 3.57. The molecule has 1 rings (SSSR count). The monoisotopic (exact) mass is 274 g/mol. The van der Waals surface area contributed by atoms with Gasteiger partial charge in [0.25, 0.3) is 0 Å². The van der Waals surface area contributed by atoms with Gasteiger partial charge in [-0.1, -0.05) is 12.2 Å². The fourth-order valence-corrected chi connectivity index (χ4v) is 2.74. The van der Waals surface area contributed by atoms with Crippen LogP contribution < -0.4 is 15.2 Å². The van der Waals surface area contributed by atoms with E-state index in [9.17, 15) is 8.42 Å². The molecule has 0 aromatic heterocycles. The third kappa shape index (κ3) is 4.20. The molecule has 1 aromatic carbocycles. The molecule has 0 spiro atoms. The van der Waals surface area contributed by atoms with Crippen molar-refractivity contribution in [1.82, 2.24) is 0 Å². The number of nitrogens with two attached hydrogens (primary N) is 1. The van der Waals surface area contributed by atoms with E-state index in [1.807, 2.05) is 6.92 Å². The maximum absolute atomic E-state index is 11.6. The van der Waals surface area contributed by atoms with Gasteiger partial charge in [0.1, 0.15) is 11.5 Å². The van der Waals surface area contributed by atoms with Crippen molar-refractivity contribution < 1.29 is 13.2 Å². The zero-order valence-electron chi connectivity index (χ0n) is 9.56. The number of nitrogens with one attached hydrogen (secondary N) is 1. The Morgan fingerprint density at radius 2 is 2.18 bits per heavy atom. The molecule has 17 heavy (non-hydrogen) atoms. The number of thiocarbonyl (C=S) groups is 1. The lowest BCUT2D eigenvalue weighted by Crippen LogP contribution is -2.26. The van der Waals surface area contributed by atoms with Gasteiger partial charge in [-0.25, -0.2) is 8.42 Å². The fourth-order valence-electron chi connectivity index (χ4n) is 1.34. The van der Waals surface area contributed by atoms with Crippen LogP contribution in [0.4, 0.5) is 5.69 Å². The van der Waals surface area contributed by atoms with Gasteiger partial charge in [-0.3, -0.25) is 4.72 Å². The summed E-state index contributed by atoms with van der Waals surface area (Å²) in [6.45, 7) is 1.82. The van der Waals surface area contributed by atoms with Gasteiger partial charge in [-0.05, 0) is 30.7 Å². The molecule has 0 heterocycles. The second-order valence-corrected chi connectivity index (χ2v) is 5.76. The summed E-state index contributed by atoms with van der Waals surface area (Å²) in [5.74, 6) is 0.329. The SMILES string of the molecule is COc1ccc(NS(=O)(=O)CC(N)=S)cc1C. The van der Waals surface area contributed by atoms with Crippen LogP contribution in [0.5, 0.6) is 5.75 Å². The van der Waals surface area contributed by atoms with Gasteiger partial charge >= 0.3 is 0 Å². The highest BCUT2D eigenvalue weighted by atomic mass is 32.2. The van der Waals surface area contributed by atoms with Crippen molar-refractivity contribution in [1.29, 1.82) is 0 Å². The lowest BCUT2D eigenvalue weighted by molar-refractivity contribution is 0.412. The largest absolute Gasteiger partial charge is 0.496 e. The predicted octanol–water partition coefficient (Wildman–Crippen LogP) is 1.03. The first-order chi connectivity index (χ1) is 7.84. The van der Waals surface area contributed by atoms with Crippen molar-refractivity contribution in [2.75, 3.05) is 17.6 Å². The van der Waals surface area contributed by atoms with E-state index < -0.39 is 10.0 Å². The van der Waals surface area contributed by atoms with Crippen LogP contribution in [0.2, 0.25) is 0 Å². The predicted molar refractivity (Wildman–Crippen MR) is 71.9 cm³/mol. The van der Waals surface area contributed by atoms with Crippen molar-refractivity contribution in [2.24, 2.45) is 5.73 Å². The molecular weight excluding hydrogens is 260 g/mol. The van der Waals surface area contributed by atoms with Crippen LogP contribution in [-0.2, 0) is 10.0 Å². The fraction of sp³-hybridized carbons (Fsp3) is 0.300. The summed E-state index contributed by atoms with van der Waals surface area (Å²) in [7, 11) is -1.97. The molecule has 0 aliphatic heterocycles. The Labute approximate surface area is 106 Å². The van der Waals surface area contributed by atoms with Gasteiger partial charge in [0.15, 0.2) is 0 Å². The summed E-state index contributed by atoms with van der Waals surface area (Å²) in [5, 5.41) is 0. The Balaban J connectivity index is 2.89. The molecule has 0 radical (unpaired) electrons. The highest BCUT2D eigenvalue weighted by molar-refractivity contribution is 7.95. The molecule has 3 N–H and O–H groups in total. The molecule has 0 aliphatic rings. The van der Waals surface area contributed by atoms with Gasteiger partial charge in [-0.15, -0.1) is 0 Å². The molecule has 0 bridgehead atoms. The van der Waals surface area contributed by atoms with E-state index in [0.29, 0.717) is 11.4 Å². The first-order valence-corrected chi connectivity index (χ1v) is 6.83. The van der Waals surface area contributed by atoms with Crippen molar-refractivity contribution in [3.8, 4) is 5.75 Å². The Kier molecular flexibility index (Phi) is 4.30. The van der Waals surface area contributed by atoms with E-state index in [-0.39, 0.29) is 10.7 Å². The summed E-state index contributed by atoms with van der Waals surface area (Å²) in [6.07, 6.45) is 0. The van der Waals surface area contributed by atoms with Gasteiger partial charge < -0.3 is 10.5 Å². The van der Waals surface area contributed by atoms with Crippen molar-refractivity contribution in [3.63, 3.8) is 0 Å². The smallest absolute Gasteiger partial charge is 0.239 e. The van der Waals surface area contributed by atoms with E-state index in [4.69, 9.17) is 10.5 Å². The van der Waals surface area contributed by atoms with E-state index >= 15 is 0 Å². The van der Waals surface area contributed by atoms with Crippen LogP contribution in [0.15, 0.2) is 18.2 Å².